The molecule has 5 heteroatoms. The molecule has 0 radical (unpaired) electrons. The van der Waals surface area contributed by atoms with Crippen molar-refractivity contribution in [1.82, 2.24) is 0 Å². The van der Waals surface area contributed by atoms with Gasteiger partial charge in [-0.1, -0.05) is 12.7 Å². The van der Waals surface area contributed by atoms with Crippen LogP contribution in [0.3, 0.4) is 0 Å². The van der Waals surface area contributed by atoms with E-state index in [1.165, 1.54) is 0 Å². The molecular formula is C9H9F3O2. The van der Waals surface area contributed by atoms with Crippen LogP contribution >= 0.6 is 0 Å². The lowest BCUT2D eigenvalue weighted by atomic mass is 10.1. The standard InChI is InChI=1S/C9H9F3O2/c1-3-4-7(5-13)8(14)6(2)9(10,11)12/h3-5,14H,1H2,2H3/b7-4-,8-6-. The quantitative estimate of drug-likeness (QED) is 0.333. The van der Waals surface area contributed by atoms with Gasteiger partial charge in [0.1, 0.15) is 5.76 Å². The summed E-state index contributed by atoms with van der Waals surface area (Å²) < 4.78 is 36.1. The van der Waals surface area contributed by atoms with Gasteiger partial charge < -0.3 is 5.11 Å². The van der Waals surface area contributed by atoms with Crippen LogP contribution in [-0.4, -0.2) is 17.6 Å². The zero-order chi connectivity index (χ0) is 11.4. The first-order chi connectivity index (χ1) is 6.34. The van der Waals surface area contributed by atoms with E-state index in [0.29, 0.717) is 6.92 Å². The van der Waals surface area contributed by atoms with E-state index in [0.717, 1.165) is 12.2 Å². The Balaban J connectivity index is 5.27. The maximum atomic E-state index is 12.0. The number of halogens is 3. The summed E-state index contributed by atoms with van der Waals surface area (Å²) in [5, 5.41) is 9.06. The molecule has 0 aliphatic rings. The van der Waals surface area contributed by atoms with Gasteiger partial charge in [-0.25, -0.2) is 0 Å². The lowest BCUT2D eigenvalue weighted by Crippen LogP contribution is -2.12. The summed E-state index contributed by atoms with van der Waals surface area (Å²) in [6, 6.07) is 0. The maximum absolute atomic E-state index is 12.0. The molecule has 0 saturated carbocycles. The van der Waals surface area contributed by atoms with Gasteiger partial charge in [0.25, 0.3) is 0 Å². The maximum Gasteiger partial charge on any atom is 0.415 e. The van der Waals surface area contributed by atoms with E-state index < -0.39 is 23.1 Å². The van der Waals surface area contributed by atoms with E-state index in [1.807, 2.05) is 0 Å². The first kappa shape index (κ1) is 12.5. The van der Waals surface area contributed by atoms with E-state index in [4.69, 9.17) is 5.11 Å². The van der Waals surface area contributed by atoms with Crippen molar-refractivity contribution in [1.29, 1.82) is 0 Å². The first-order valence-corrected chi connectivity index (χ1v) is 3.60. The second kappa shape index (κ2) is 4.64. The van der Waals surface area contributed by atoms with Crippen molar-refractivity contribution in [2.24, 2.45) is 0 Å². The molecular weight excluding hydrogens is 197 g/mol. The van der Waals surface area contributed by atoms with Crippen LogP contribution in [0.2, 0.25) is 0 Å². The fourth-order valence-electron chi connectivity index (χ4n) is 0.652. The third-order valence-corrected chi connectivity index (χ3v) is 1.48. The van der Waals surface area contributed by atoms with E-state index in [2.05, 4.69) is 6.58 Å². The summed E-state index contributed by atoms with van der Waals surface area (Å²) in [4.78, 5) is 10.3. The molecule has 0 bridgehead atoms. The Morgan fingerprint density at radius 2 is 1.93 bits per heavy atom. The monoisotopic (exact) mass is 206 g/mol. The summed E-state index contributed by atoms with van der Waals surface area (Å²) in [6.45, 7) is 3.89. The van der Waals surface area contributed by atoms with Gasteiger partial charge in [-0.2, -0.15) is 13.2 Å². The second-order valence-corrected chi connectivity index (χ2v) is 2.45. The van der Waals surface area contributed by atoms with Crippen molar-refractivity contribution in [3.63, 3.8) is 0 Å². The lowest BCUT2D eigenvalue weighted by Gasteiger charge is -2.09. The molecule has 0 unspecified atom stereocenters. The number of alkyl halides is 3. The van der Waals surface area contributed by atoms with Gasteiger partial charge in [0.15, 0.2) is 6.29 Å². The van der Waals surface area contributed by atoms with E-state index in [1.54, 1.807) is 0 Å². The molecule has 14 heavy (non-hydrogen) atoms. The van der Waals surface area contributed by atoms with Crippen LogP contribution in [0.15, 0.2) is 35.6 Å². The second-order valence-electron chi connectivity index (χ2n) is 2.45. The molecule has 0 aromatic carbocycles. The molecule has 1 N–H and O–H groups in total. The number of aldehydes is 1. The molecule has 0 rings (SSSR count). The minimum atomic E-state index is -4.65. The normalized spacial score (nSPS) is 14.7. The Labute approximate surface area is 79.0 Å². The predicted octanol–water partition coefficient (Wildman–Crippen LogP) is 2.69. The first-order valence-electron chi connectivity index (χ1n) is 3.60. The van der Waals surface area contributed by atoms with Crippen molar-refractivity contribution in [2.75, 3.05) is 0 Å². The molecule has 0 fully saturated rings. The van der Waals surface area contributed by atoms with Crippen molar-refractivity contribution < 1.29 is 23.1 Å². The van der Waals surface area contributed by atoms with Crippen molar-refractivity contribution in [3.8, 4) is 0 Å². The molecule has 0 amide bonds. The van der Waals surface area contributed by atoms with Gasteiger partial charge in [-0.3, -0.25) is 4.79 Å². The minimum absolute atomic E-state index is 0.131. The highest BCUT2D eigenvalue weighted by Gasteiger charge is 2.33. The Bertz CT molecular complexity index is 298. The van der Waals surface area contributed by atoms with Crippen LogP contribution in [0, 0.1) is 0 Å². The fourth-order valence-corrected chi connectivity index (χ4v) is 0.652. The van der Waals surface area contributed by atoms with Crippen LogP contribution in [0.5, 0.6) is 0 Å². The molecule has 0 saturated heterocycles. The van der Waals surface area contributed by atoms with Gasteiger partial charge in [0, 0.05) is 0 Å². The highest BCUT2D eigenvalue weighted by molar-refractivity contribution is 5.79. The van der Waals surface area contributed by atoms with Gasteiger partial charge in [0.05, 0.1) is 11.1 Å². The highest BCUT2D eigenvalue weighted by atomic mass is 19.4. The van der Waals surface area contributed by atoms with Crippen LogP contribution in [-0.2, 0) is 4.79 Å². The Morgan fingerprint density at radius 1 is 1.43 bits per heavy atom. The van der Waals surface area contributed by atoms with Crippen LogP contribution in [0.25, 0.3) is 0 Å². The number of allylic oxidation sites excluding steroid dienone is 4. The van der Waals surface area contributed by atoms with Gasteiger partial charge in [0.2, 0.25) is 0 Å². The van der Waals surface area contributed by atoms with Crippen LogP contribution in [0.1, 0.15) is 6.92 Å². The third kappa shape index (κ3) is 3.08. The summed E-state index contributed by atoms with van der Waals surface area (Å²) >= 11 is 0. The fraction of sp³-hybridized carbons (Fsp3) is 0.222. The van der Waals surface area contributed by atoms with Crippen molar-refractivity contribution in [2.45, 2.75) is 13.1 Å². The van der Waals surface area contributed by atoms with Crippen molar-refractivity contribution in [3.05, 3.63) is 35.6 Å². The highest BCUT2D eigenvalue weighted by Crippen LogP contribution is 2.28. The van der Waals surface area contributed by atoms with Crippen LogP contribution in [0.4, 0.5) is 13.2 Å². The molecule has 0 spiro atoms. The zero-order valence-corrected chi connectivity index (χ0v) is 7.43. The molecule has 78 valence electrons. The molecule has 0 aliphatic heterocycles. The molecule has 0 atom stereocenters. The number of hydrogen-bond donors (Lipinski definition) is 1. The summed E-state index contributed by atoms with van der Waals surface area (Å²) in [6.07, 6.45) is -2.40. The molecule has 0 heterocycles. The molecule has 2 nitrogen and oxygen atoms in total. The summed E-state index contributed by atoms with van der Waals surface area (Å²) in [5.41, 5.74) is -1.66. The van der Waals surface area contributed by atoms with E-state index in [9.17, 15) is 18.0 Å². The number of aliphatic hydroxyl groups is 1. The predicted molar refractivity (Wildman–Crippen MR) is 45.7 cm³/mol. The number of carbonyl (C=O) groups excluding carboxylic acids is 1. The average Bonchev–Trinajstić information content (AvgIpc) is 2.10. The van der Waals surface area contributed by atoms with Gasteiger partial charge in [-0.05, 0) is 13.0 Å². The third-order valence-electron chi connectivity index (χ3n) is 1.48. The van der Waals surface area contributed by atoms with Crippen LogP contribution < -0.4 is 0 Å². The summed E-state index contributed by atoms with van der Waals surface area (Å²) in [5.74, 6) is -1.08. The van der Waals surface area contributed by atoms with E-state index >= 15 is 0 Å². The average molecular weight is 206 g/mol. The van der Waals surface area contributed by atoms with Gasteiger partial charge in [-0.15, -0.1) is 0 Å². The largest absolute Gasteiger partial charge is 0.507 e. The molecule has 0 aromatic heterocycles. The number of carbonyl (C=O) groups is 1. The minimum Gasteiger partial charge on any atom is -0.507 e. The number of hydrogen-bond acceptors (Lipinski definition) is 2. The van der Waals surface area contributed by atoms with E-state index in [-0.39, 0.29) is 6.29 Å². The number of rotatable bonds is 3. The Hall–Kier alpha value is -1.52. The molecule has 0 aromatic rings. The van der Waals surface area contributed by atoms with Crippen molar-refractivity contribution >= 4 is 6.29 Å². The number of aliphatic hydroxyl groups excluding tert-OH is 1. The Kier molecular flexibility index (Phi) is 4.14. The SMILES string of the molecule is C=C/C=C(C=O)\C(O)=C(/C)C(F)(F)F. The lowest BCUT2D eigenvalue weighted by molar-refractivity contribution is -0.105. The topological polar surface area (TPSA) is 37.3 Å². The smallest absolute Gasteiger partial charge is 0.415 e. The van der Waals surface area contributed by atoms with Gasteiger partial charge >= 0.3 is 6.18 Å². The Morgan fingerprint density at radius 3 is 2.21 bits per heavy atom. The summed E-state index contributed by atoms with van der Waals surface area (Å²) in [7, 11) is 0. The molecule has 0 aliphatic carbocycles. The zero-order valence-electron chi connectivity index (χ0n) is 7.43.